The zero-order chi connectivity index (χ0) is 14.4. The molecule has 1 fully saturated rings. The molecule has 0 amide bonds. The van der Waals surface area contributed by atoms with E-state index in [2.05, 4.69) is 41.5 Å². The Hall–Kier alpha value is -0.860. The molecule has 20 heavy (non-hydrogen) atoms. The van der Waals surface area contributed by atoms with Crippen LogP contribution in [0.3, 0.4) is 0 Å². The van der Waals surface area contributed by atoms with Crippen LogP contribution in [0.5, 0.6) is 0 Å². The molecule has 1 saturated heterocycles. The molecule has 1 aromatic rings. The summed E-state index contributed by atoms with van der Waals surface area (Å²) in [6, 6.07) is 10.4. The molecule has 1 N–H and O–H groups in total. The highest BCUT2D eigenvalue weighted by molar-refractivity contribution is 5.33. The predicted molar refractivity (Wildman–Crippen MR) is 87.3 cm³/mol. The van der Waals surface area contributed by atoms with Gasteiger partial charge in [0.15, 0.2) is 0 Å². The van der Waals surface area contributed by atoms with Gasteiger partial charge in [-0.25, -0.2) is 0 Å². The molecule has 0 radical (unpaired) electrons. The molecule has 0 spiro atoms. The minimum atomic E-state index is 0.675. The van der Waals surface area contributed by atoms with Crippen molar-refractivity contribution in [3.63, 3.8) is 0 Å². The Morgan fingerprint density at radius 3 is 2.35 bits per heavy atom. The predicted octanol–water partition coefficient (Wildman–Crippen LogP) is 3.25. The zero-order valence-electron chi connectivity index (χ0n) is 13.4. The molecule has 1 atom stereocenters. The summed E-state index contributed by atoms with van der Waals surface area (Å²) in [5, 5.41) is 3.75. The summed E-state index contributed by atoms with van der Waals surface area (Å²) in [5.41, 5.74) is 3.10. The standard InChI is InChI=1S/C16H24N2.C2H6/c1-18-10-4-7-16(18)8-9-17-15-11-13-5-2-3-6-14(13)12-15;1-2/h2-3,5-6,15-17H,4,7-12H2,1H3;1-2H3. The molecular weight excluding hydrogens is 244 g/mol. The van der Waals surface area contributed by atoms with Crippen molar-refractivity contribution < 1.29 is 0 Å². The van der Waals surface area contributed by atoms with E-state index in [9.17, 15) is 0 Å². The summed E-state index contributed by atoms with van der Waals surface area (Å²) in [5.74, 6) is 0. The van der Waals surface area contributed by atoms with Gasteiger partial charge in [0, 0.05) is 12.1 Å². The summed E-state index contributed by atoms with van der Waals surface area (Å²) in [6.45, 7) is 6.47. The molecule has 3 rings (SSSR count). The Morgan fingerprint density at radius 2 is 1.80 bits per heavy atom. The van der Waals surface area contributed by atoms with Gasteiger partial charge >= 0.3 is 0 Å². The first-order valence-electron chi connectivity index (χ1n) is 8.33. The van der Waals surface area contributed by atoms with Crippen LogP contribution < -0.4 is 5.32 Å². The molecule has 2 nitrogen and oxygen atoms in total. The third-order valence-electron chi connectivity index (χ3n) is 4.63. The van der Waals surface area contributed by atoms with E-state index in [-0.39, 0.29) is 0 Å². The number of nitrogens with one attached hydrogen (secondary N) is 1. The molecule has 2 heteroatoms. The monoisotopic (exact) mass is 274 g/mol. The van der Waals surface area contributed by atoms with Crippen LogP contribution in [-0.4, -0.2) is 37.1 Å². The maximum absolute atomic E-state index is 3.75. The molecule has 0 bridgehead atoms. The third-order valence-corrected chi connectivity index (χ3v) is 4.63. The molecule has 1 aliphatic heterocycles. The Bertz CT molecular complexity index is 377. The number of likely N-dealkylation sites (tertiary alicyclic amines) is 1. The molecule has 0 saturated carbocycles. The highest BCUT2D eigenvalue weighted by Crippen LogP contribution is 2.22. The smallest absolute Gasteiger partial charge is 0.0148 e. The summed E-state index contributed by atoms with van der Waals surface area (Å²) in [4.78, 5) is 2.52. The molecular formula is C18H30N2. The first-order valence-corrected chi connectivity index (χ1v) is 8.33. The van der Waals surface area contributed by atoms with Crippen molar-refractivity contribution in [2.75, 3.05) is 20.1 Å². The number of nitrogens with zero attached hydrogens (tertiary/aromatic N) is 1. The summed E-state index contributed by atoms with van der Waals surface area (Å²) in [7, 11) is 2.27. The molecule has 1 aromatic carbocycles. The van der Waals surface area contributed by atoms with E-state index in [1.165, 1.54) is 45.2 Å². The average Bonchev–Trinajstić information content (AvgIpc) is 3.07. The van der Waals surface area contributed by atoms with Crippen LogP contribution >= 0.6 is 0 Å². The van der Waals surface area contributed by atoms with Crippen molar-refractivity contribution in [1.82, 2.24) is 10.2 Å². The summed E-state index contributed by atoms with van der Waals surface area (Å²) in [6.07, 6.45) is 6.52. The zero-order valence-corrected chi connectivity index (χ0v) is 13.4. The maximum Gasteiger partial charge on any atom is 0.0148 e. The van der Waals surface area contributed by atoms with Crippen LogP contribution in [0.1, 0.15) is 44.2 Å². The van der Waals surface area contributed by atoms with E-state index >= 15 is 0 Å². The lowest BCUT2D eigenvalue weighted by molar-refractivity contribution is 0.290. The fourth-order valence-corrected chi connectivity index (χ4v) is 3.50. The van der Waals surface area contributed by atoms with Crippen LogP contribution in [0, 0.1) is 0 Å². The van der Waals surface area contributed by atoms with Gasteiger partial charge in [0.2, 0.25) is 0 Å². The van der Waals surface area contributed by atoms with E-state index in [0.29, 0.717) is 6.04 Å². The minimum absolute atomic E-state index is 0.675. The summed E-state index contributed by atoms with van der Waals surface area (Å²) >= 11 is 0. The first-order chi connectivity index (χ1) is 9.83. The van der Waals surface area contributed by atoms with Crippen molar-refractivity contribution in [3.8, 4) is 0 Å². The lowest BCUT2D eigenvalue weighted by atomic mass is 10.1. The highest BCUT2D eigenvalue weighted by atomic mass is 15.1. The van der Waals surface area contributed by atoms with Crippen LogP contribution in [0.15, 0.2) is 24.3 Å². The van der Waals surface area contributed by atoms with Gasteiger partial charge in [0.25, 0.3) is 0 Å². The first kappa shape index (κ1) is 15.5. The van der Waals surface area contributed by atoms with Crippen molar-refractivity contribution in [2.24, 2.45) is 0 Å². The van der Waals surface area contributed by atoms with E-state index in [0.717, 1.165) is 6.04 Å². The second kappa shape index (κ2) is 7.80. The number of fused-ring (bicyclic) bond motifs is 1. The van der Waals surface area contributed by atoms with Gasteiger partial charge in [0.05, 0.1) is 0 Å². The molecule has 1 aliphatic carbocycles. The van der Waals surface area contributed by atoms with Gasteiger partial charge in [-0.3, -0.25) is 0 Å². The Morgan fingerprint density at radius 1 is 1.15 bits per heavy atom. The molecule has 112 valence electrons. The van der Waals surface area contributed by atoms with E-state index < -0.39 is 0 Å². The average molecular weight is 274 g/mol. The van der Waals surface area contributed by atoms with Crippen molar-refractivity contribution >= 4 is 0 Å². The van der Waals surface area contributed by atoms with Crippen LogP contribution in [0.4, 0.5) is 0 Å². The van der Waals surface area contributed by atoms with Crippen LogP contribution in [0.2, 0.25) is 0 Å². The molecule has 0 aromatic heterocycles. The van der Waals surface area contributed by atoms with Crippen LogP contribution in [-0.2, 0) is 12.8 Å². The minimum Gasteiger partial charge on any atom is -0.313 e. The fraction of sp³-hybridized carbons (Fsp3) is 0.667. The lowest BCUT2D eigenvalue weighted by Gasteiger charge is -2.20. The molecule has 1 heterocycles. The number of benzene rings is 1. The quantitative estimate of drug-likeness (QED) is 0.906. The largest absolute Gasteiger partial charge is 0.313 e. The SMILES string of the molecule is CC.CN1CCCC1CCNC1Cc2ccccc2C1. The third kappa shape index (κ3) is 3.83. The fourth-order valence-electron chi connectivity index (χ4n) is 3.50. The highest BCUT2D eigenvalue weighted by Gasteiger charge is 2.22. The van der Waals surface area contributed by atoms with Crippen molar-refractivity contribution in [1.29, 1.82) is 0 Å². The van der Waals surface area contributed by atoms with Crippen molar-refractivity contribution in [2.45, 2.75) is 58.0 Å². The topological polar surface area (TPSA) is 15.3 Å². The van der Waals surface area contributed by atoms with Crippen molar-refractivity contribution in [3.05, 3.63) is 35.4 Å². The van der Waals surface area contributed by atoms with Gasteiger partial charge < -0.3 is 10.2 Å². The van der Waals surface area contributed by atoms with E-state index in [4.69, 9.17) is 0 Å². The summed E-state index contributed by atoms with van der Waals surface area (Å²) < 4.78 is 0. The van der Waals surface area contributed by atoms with Gasteiger partial charge in [-0.2, -0.15) is 0 Å². The van der Waals surface area contributed by atoms with Gasteiger partial charge in [-0.1, -0.05) is 38.1 Å². The lowest BCUT2D eigenvalue weighted by Crippen LogP contribution is -2.34. The second-order valence-corrected chi connectivity index (χ2v) is 5.89. The molecule has 2 aliphatic rings. The second-order valence-electron chi connectivity index (χ2n) is 5.89. The Balaban J connectivity index is 0.000000704. The Kier molecular flexibility index (Phi) is 6.06. The maximum atomic E-state index is 3.75. The number of hydrogen-bond acceptors (Lipinski definition) is 2. The normalized spacial score (nSPS) is 22.4. The molecule has 1 unspecified atom stereocenters. The number of rotatable bonds is 4. The van der Waals surface area contributed by atoms with Gasteiger partial charge in [-0.15, -0.1) is 0 Å². The number of hydrogen-bond donors (Lipinski definition) is 1. The van der Waals surface area contributed by atoms with E-state index in [1.54, 1.807) is 11.1 Å². The van der Waals surface area contributed by atoms with Gasteiger partial charge in [-0.05, 0) is 63.4 Å². The van der Waals surface area contributed by atoms with E-state index in [1.807, 2.05) is 13.8 Å². The van der Waals surface area contributed by atoms with Gasteiger partial charge in [0.1, 0.15) is 0 Å². The Labute approximate surface area is 124 Å². The van der Waals surface area contributed by atoms with Crippen LogP contribution in [0.25, 0.3) is 0 Å².